The van der Waals surface area contributed by atoms with E-state index in [2.05, 4.69) is 46.5 Å². The van der Waals surface area contributed by atoms with Crippen LogP contribution in [0.1, 0.15) is 19.4 Å². The Balaban J connectivity index is 1.83. The summed E-state index contributed by atoms with van der Waals surface area (Å²) in [5, 5.41) is 18.5. The maximum absolute atomic E-state index is 9.51. The molecule has 2 aromatic carbocycles. The molecule has 0 saturated carbocycles. The summed E-state index contributed by atoms with van der Waals surface area (Å²) >= 11 is 1.19. The van der Waals surface area contributed by atoms with Gasteiger partial charge in [-0.25, -0.2) is 0 Å². The van der Waals surface area contributed by atoms with Crippen molar-refractivity contribution in [3.8, 4) is 17.3 Å². The minimum atomic E-state index is 0.425. The molecule has 5 nitrogen and oxygen atoms in total. The molecule has 0 aliphatic heterocycles. The van der Waals surface area contributed by atoms with Crippen LogP contribution < -0.4 is 4.90 Å². The van der Waals surface area contributed by atoms with Crippen molar-refractivity contribution in [3.63, 3.8) is 0 Å². The molecule has 130 valence electrons. The van der Waals surface area contributed by atoms with Gasteiger partial charge in [-0.3, -0.25) is 0 Å². The van der Waals surface area contributed by atoms with Crippen LogP contribution in [0.2, 0.25) is 0 Å². The third-order valence-corrected chi connectivity index (χ3v) is 4.85. The van der Waals surface area contributed by atoms with Crippen molar-refractivity contribution in [2.45, 2.75) is 19.9 Å². The quantitative estimate of drug-likeness (QED) is 0.528. The van der Waals surface area contributed by atoms with E-state index in [4.69, 9.17) is 0 Å². The van der Waals surface area contributed by atoms with Crippen LogP contribution in [0.15, 0.2) is 64.8 Å². The molecule has 3 aromatic rings. The van der Waals surface area contributed by atoms with Crippen molar-refractivity contribution in [2.24, 2.45) is 10.2 Å². The summed E-state index contributed by atoms with van der Waals surface area (Å²) in [5.41, 5.74) is 3.88. The predicted octanol–water partition coefficient (Wildman–Crippen LogP) is 5.94. The molecule has 0 amide bonds. The van der Waals surface area contributed by atoms with E-state index in [-0.39, 0.29) is 0 Å². The van der Waals surface area contributed by atoms with E-state index in [0.29, 0.717) is 22.3 Å². The number of anilines is 1. The van der Waals surface area contributed by atoms with Crippen molar-refractivity contribution >= 4 is 27.9 Å². The highest BCUT2D eigenvalue weighted by atomic mass is 32.1. The SMILES string of the molecule is CC(C)N(C)c1ccc(N=Nc2snc(-c3ccccc3)c2C#N)cc1. The molecular formula is C20H19N5S. The van der Waals surface area contributed by atoms with Gasteiger partial charge >= 0.3 is 0 Å². The number of nitrogens with zero attached hydrogens (tertiary/aromatic N) is 5. The van der Waals surface area contributed by atoms with E-state index in [1.807, 2.05) is 54.6 Å². The van der Waals surface area contributed by atoms with Gasteiger partial charge in [-0.1, -0.05) is 30.3 Å². The van der Waals surface area contributed by atoms with Gasteiger partial charge in [0.15, 0.2) is 5.00 Å². The number of aromatic nitrogens is 1. The van der Waals surface area contributed by atoms with Crippen LogP contribution in [-0.4, -0.2) is 17.5 Å². The van der Waals surface area contributed by atoms with Gasteiger partial charge < -0.3 is 4.90 Å². The highest BCUT2D eigenvalue weighted by Crippen LogP contribution is 2.34. The van der Waals surface area contributed by atoms with Gasteiger partial charge in [-0.15, -0.1) is 10.2 Å². The Hall–Kier alpha value is -3.04. The number of rotatable bonds is 5. The Labute approximate surface area is 157 Å². The van der Waals surface area contributed by atoms with Crippen LogP contribution in [0.5, 0.6) is 0 Å². The number of benzene rings is 2. The van der Waals surface area contributed by atoms with E-state index in [1.165, 1.54) is 11.5 Å². The Bertz CT molecular complexity index is 937. The van der Waals surface area contributed by atoms with Gasteiger partial charge in [0, 0.05) is 24.3 Å². The summed E-state index contributed by atoms with van der Waals surface area (Å²) in [7, 11) is 2.06. The molecule has 0 saturated heterocycles. The lowest BCUT2D eigenvalue weighted by Gasteiger charge is -2.23. The van der Waals surface area contributed by atoms with Crippen LogP contribution >= 0.6 is 11.5 Å². The first kappa shape index (κ1) is 17.8. The van der Waals surface area contributed by atoms with Crippen LogP contribution in [-0.2, 0) is 0 Å². The van der Waals surface area contributed by atoms with Crippen LogP contribution in [0.3, 0.4) is 0 Å². The standard InChI is InChI=1S/C20H19N5S/c1-14(2)25(3)17-11-9-16(10-12-17)22-23-20-18(13-21)19(24-26-20)15-7-5-4-6-8-15/h4-12,14H,1-3H3. The maximum atomic E-state index is 9.51. The molecule has 0 spiro atoms. The summed E-state index contributed by atoms with van der Waals surface area (Å²) in [6, 6.07) is 20.1. The Kier molecular flexibility index (Phi) is 5.40. The molecule has 1 aromatic heterocycles. The van der Waals surface area contributed by atoms with Crippen molar-refractivity contribution in [1.29, 1.82) is 5.26 Å². The van der Waals surface area contributed by atoms with Crippen molar-refractivity contribution in [1.82, 2.24) is 4.37 Å². The first-order chi connectivity index (χ1) is 12.6. The molecule has 6 heteroatoms. The van der Waals surface area contributed by atoms with Crippen LogP contribution in [0.25, 0.3) is 11.3 Å². The van der Waals surface area contributed by atoms with Crippen molar-refractivity contribution in [2.75, 3.05) is 11.9 Å². The fourth-order valence-corrected chi connectivity index (χ4v) is 3.08. The molecular weight excluding hydrogens is 342 g/mol. The minimum Gasteiger partial charge on any atom is -0.372 e. The normalized spacial score (nSPS) is 11.0. The van der Waals surface area contributed by atoms with Gasteiger partial charge in [0.25, 0.3) is 0 Å². The summed E-state index contributed by atoms with van der Waals surface area (Å²) < 4.78 is 4.38. The second kappa shape index (κ2) is 7.89. The molecule has 0 fully saturated rings. The van der Waals surface area contributed by atoms with Gasteiger partial charge in [0.1, 0.15) is 17.3 Å². The molecule has 0 radical (unpaired) electrons. The van der Waals surface area contributed by atoms with E-state index in [1.54, 1.807) is 0 Å². The smallest absolute Gasteiger partial charge is 0.177 e. The van der Waals surface area contributed by atoms with E-state index in [0.717, 1.165) is 16.9 Å². The van der Waals surface area contributed by atoms with Gasteiger partial charge in [0.2, 0.25) is 0 Å². The fraction of sp³-hybridized carbons (Fsp3) is 0.200. The first-order valence-electron chi connectivity index (χ1n) is 8.30. The fourth-order valence-electron chi connectivity index (χ4n) is 2.40. The summed E-state index contributed by atoms with van der Waals surface area (Å²) in [6.45, 7) is 4.29. The van der Waals surface area contributed by atoms with Gasteiger partial charge in [0.05, 0.1) is 5.69 Å². The second-order valence-corrected chi connectivity index (χ2v) is 6.86. The highest BCUT2D eigenvalue weighted by Gasteiger charge is 2.15. The maximum Gasteiger partial charge on any atom is 0.177 e. The third-order valence-electron chi connectivity index (χ3n) is 4.12. The monoisotopic (exact) mass is 361 g/mol. The highest BCUT2D eigenvalue weighted by molar-refractivity contribution is 7.10. The van der Waals surface area contributed by atoms with Crippen molar-refractivity contribution in [3.05, 3.63) is 60.2 Å². The number of nitriles is 1. The lowest BCUT2D eigenvalue weighted by atomic mass is 10.1. The summed E-state index contributed by atoms with van der Waals surface area (Å²) in [5.74, 6) is 0. The Morgan fingerprint density at radius 1 is 1.04 bits per heavy atom. The zero-order valence-corrected chi connectivity index (χ0v) is 15.7. The molecule has 3 rings (SSSR count). The Morgan fingerprint density at radius 2 is 1.73 bits per heavy atom. The predicted molar refractivity (Wildman–Crippen MR) is 106 cm³/mol. The lowest BCUT2D eigenvalue weighted by molar-refractivity contribution is 0.755. The minimum absolute atomic E-state index is 0.425. The summed E-state index contributed by atoms with van der Waals surface area (Å²) in [4.78, 5) is 2.18. The molecule has 26 heavy (non-hydrogen) atoms. The average Bonchev–Trinajstić information content (AvgIpc) is 3.09. The number of azo groups is 1. The molecule has 0 N–H and O–H groups in total. The third kappa shape index (κ3) is 3.79. The van der Waals surface area contributed by atoms with E-state index in [9.17, 15) is 5.26 Å². The molecule has 0 atom stereocenters. The van der Waals surface area contributed by atoms with Gasteiger partial charge in [-0.2, -0.15) is 9.64 Å². The number of hydrogen-bond donors (Lipinski definition) is 0. The first-order valence-corrected chi connectivity index (χ1v) is 9.07. The van der Waals surface area contributed by atoms with E-state index < -0.39 is 0 Å². The zero-order chi connectivity index (χ0) is 18.5. The summed E-state index contributed by atoms with van der Waals surface area (Å²) in [6.07, 6.45) is 0. The average molecular weight is 361 g/mol. The van der Waals surface area contributed by atoms with Crippen LogP contribution in [0, 0.1) is 11.3 Å². The second-order valence-electron chi connectivity index (χ2n) is 6.11. The molecule has 0 bridgehead atoms. The Morgan fingerprint density at radius 3 is 2.35 bits per heavy atom. The largest absolute Gasteiger partial charge is 0.372 e. The number of hydrogen-bond acceptors (Lipinski definition) is 6. The van der Waals surface area contributed by atoms with Gasteiger partial charge in [-0.05, 0) is 49.6 Å². The lowest BCUT2D eigenvalue weighted by Crippen LogP contribution is -2.25. The molecule has 0 unspecified atom stereocenters. The molecule has 0 aliphatic rings. The van der Waals surface area contributed by atoms with E-state index >= 15 is 0 Å². The molecule has 0 aliphatic carbocycles. The molecule has 1 heterocycles. The topological polar surface area (TPSA) is 64.6 Å². The zero-order valence-electron chi connectivity index (χ0n) is 14.9. The van der Waals surface area contributed by atoms with Crippen LogP contribution in [0.4, 0.5) is 16.4 Å². The van der Waals surface area contributed by atoms with Crippen molar-refractivity contribution < 1.29 is 0 Å².